The highest BCUT2D eigenvalue weighted by atomic mass is 32.1. The molecule has 0 atom stereocenters. The molecule has 0 aliphatic heterocycles. The van der Waals surface area contributed by atoms with Crippen molar-refractivity contribution in [1.29, 1.82) is 0 Å². The second-order valence-electron chi connectivity index (χ2n) is 4.56. The van der Waals surface area contributed by atoms with Gasteiger partial charge in [-0.15, -0.1) is 0 Å². The van der Waals surface area contributed by atoms with Gasteiger partial charge in [-0.2, -0.15) is 11.3 Å². The van der Waals surface area contributed by atoms with Crippen molar-refractivity contribution in [3.63, 3.8) is 0 Å². The van der Waals surface area contributed by atoms with E-state index in [9.17, 15) is 14.4 Å². The van der Waals surface area contributed by atoms with Crippen LogP contribution in [-0.2, 0) is 9.59 Å². The van der Waals surface area contributed by atoms with Gasteiger partial charge in [0.15, 0.2) is 0 Å². The first-order valence-corrected chi connectivity index (χ1v) is 7.87. The zero-order valence-corrected chi connectivity index (χ0v) is 13.1. The smallest absolute Gasteiger partial charge is 0.252 e. The van der Waals surface area contributed by atoms with Crippen LogP contribution in [0.1, 0.15) is 16.8 Å². The highest BCUT2D eigenvalue weighted by Gasteiger charge is 2.08. The fourth-order valence-electron chi connectivity index (χ4n) is 1.68. The van der Waals surface area contributed by atoms with Gasteiger partial charge in [0.05, 0.1) is 6.54 Å². The van der Waals surface area contributed by atoms with Gasteiger partial charge in [-0.3, -0.25) is 14.4 Å². The van der Waals surface area contributed by atoms with Crippen molar-refractivity contribution in [2.75, 3.05) is 18.4 Å². The Morgan fingerprint density at radius 3 is 2.65 bits per heavy atom. The fraction of sp³-hybridized carbons (Fsp3) is 0.200. The Morgan fingerprint density at radius 2 is 1.96 bits per heavy atom. The molecule has 0 aliphatic carbocycles. The number of anilines is 1. The number of pyridine rings is 1. The van der Waals surface area contributed by atoms with Crippen LogP contribution in [0.5, 0.6) is 0 Å². The van der Waals surface area contributed by atoms with Crippen LogP contribution in [0, 0.1) is 0 Å². The van der Waals surface area contributed by atoms with E-state index in [2.05, 4.69) is 20.9 Å². The maximum Gasteiger partial charge on any atom is 0.252 e. The van der Waals surface area contributed by atoms with E-state index in [-0.39, 0.29) is 37.2 Å². The summed E-state index contributed by atoms with van der Waals surface area (Å²) >= 11 is 1.41. The lowest BCUT2D eigenvalue weighted by Gasteiger charge is -2.07. The van der Waals surface area contributed by atoms with Crippen LogP contribution in [0.2, 0.25) is 0 Å². The first-order chi connectivity index (χ1) is 11.1. The maximum atomic E-state index is 11.6. The van der Waals surface area contributed by atoms with E-state index in [0.29, 0.717) is 11.4 Å². The Kier molecular flexibility index (Phi) is 6.25. The molecule has 0 saturated heterocycles. The summed E-state index contributed by atoms with van der Waals surface area (Å²) in [5, 5.41) is 11.2. The largest absolute Gasteiger partial charge is 0.354 e. The zero-order valence-electron chi connectivity index (χ0n) is 12.2. The highest BCUT2D eigenvalue weighted by Crippen LogP contribution is 2.04. The Morgan fingerprint density at radius 1 is 1.09 bits per heavy atom. The van der Waals surface area contributed by atoms with Gasteiger partial charge in [-0.05, 0) is 23.6 Å². The average molecular weight is 332 g/mol. The molecule has 2 aromatic rings. The minimum absolute atomic E-state index is 0.126. The Labute approximate surface area is 137 Å². The van der Waals surface area contributed by atoms with Crippen LogP contribution >= 0.6 is 11.3 Å². The molecular formula is C15H16N4O3S. The fourth-order valence-corrected chi connectivity index (χ4v) is 2.31. The van der Waals surface area contributed by atoms with Crippen molar-refractivity contribution < 1.29 is 14.4 Å². The number of carbonyl (C=O) groups excluding carboxylic acids is 3. The monoisotopic (exact) mass is 332 g/mol. The van der Waals surface area contributed by atoms with Crippen molar-refractivity contribution in [3.05, 3.63) is 46.8 Å². The number of carbonyl (C=O) groups is 3. The van der Waals surface area contributed by atoms with Crippen molar-refractivity contribution in [3.8, 4) is 0 Å². The number of rotatable bonds is 7. The molecular weight excluding hydrogens is 316 g/mol. The van der Waals surface area contributed by atoms with Gasteiger partial charge in [0.1, 0.15) is 5.82 Å². The molecule has 0 saturated carbocycles. The van der Waals surface area contributed by atoms with Crippen molar-refractivity contribution in [2.45, 2.75) is 6.42 Å². The second-order valence-corrected chi connectivity index (χ2v) is 5.34. The van der Waals surface area contributed by atoms with Crippen LogP contribution in [0.4, 0.5) is 5.82 Å². The van der Waals surface area contributed by atoms with E-state index in [1.54, 1.807) is 41.2 Å². The molecule has 0 radical (unpaired) electrons. The van der Waals surface area contributed by atoms with Crippen molar-refractivity contribution in [2.24, 2.45) is 0 Å². The van der Waals surface area contributed by atoms with E-state index in [0.717, 1.165) is 0 Å². The van der Waals surface area contributed by atoms with Crippen molar-refractivity contribution >= 4 is 34.9 Å². The highest BCUT2D eigenvalue weighted by molar-refractivity contribution is 7.08. The number of nitrogens with one attached hydrogen (secondary N) is 3. The maximum absolute atomic E-state index is 11.6. The number of amides is 3. The van der Waals surface area contributed by atoms with Crippen molar-refractivity contribution in [1.82, 2.24) is 15.6 Å². The van der Waals surface area contributed by atoms with Gasteiger partial charge in [-0.1, -0.05) is 6.07 Å². The molecule has 3 N–H and O–H groups in total. The first kappa shape index (κ1) is 16.6. The minimum Gasteiger partial charge on any atom is -0.354 e. The molecule has 8 heteroatoms. The van der Waals surface area contributed by atoms with E-state index < -0.39 is 0 Å². The molecule has 3 amide bonds. The molecule has 0 aliphatic rings. The quantitative estimate of drug-likeness (QED) is 0.705. The molecule has 0 fully saturated rings. The summed E-state index contributed by atoms with van der Waals surface area (Å²) in [7, 11) is 0. The normalized spacial score (nSPS) is 9.91. The molecule has 120 valence electrons. The Bertz CT molecular complexity index is 659. The Hall–Kier alpha value is -2.74. The van der Waals surface area contributed by atoms with E-state index >= 15 is 0 Å². The lowest BCUT2D eigenvalue weighted by atomic mass is 10.3. The number of nitrogens with zero attached hydrogens (tertiary/aromatic N) is 1. The number of thiophene rings is 1. The molecule has 2 rings (SSSR count). The summed E-state index contributed by atoms with van der Waals surface area (Å²) in [6.45, 7) is 0.0579. The summed E-state index contributed by atoms with van der Waals surface area (Å²) in [6.07, 6.45) is 1.70. The lowest BCUT2D eigenvalue weighted by Crippen LogP contribution is -2.37. The van der Waals surface area contributed by atoms with Crippen LogP contribution in [0.15, 0.2) is 41.2 Å². The van der Waals surface area contributed by atoms with Crippen LogP contribution < -0.4 is 16.0 Å². The van der Waals surface area contributed by atoms with E-state index in [1.165, 1.54) is 11.3 Å². The molecule has 7 nitrogen and oxygen atoms in total. The average Bonchev–Trinajstić information content (AvgIpc) is 3.08. The van der Waals surface area contributed by atoms with Gasteiger partial charge in [0.25, 0.3) is 5.91 Å². The number of aromatic nitrogens is 1. The van der Waals surface area contributed by atoms with Crippen LogP contribution in [0.3, 0.4) is 0 Å². The van der Waals surface area contributed by atoms with Gasteiger partial charge >= 0.3 is 0 Å². The lowest BCUT2D eigenvalue weighted by molar-refractivity contribution is -0.120. The predicted molar refractivity (Wildman–Crippen MR) is 87.1 cm³/mol. The molecule has 2 aromatic heterocycles. The van der Waals surface area contributed by atoms with Crippen LogP contribution in [0.25, 0.3) is 0 Å². The van der Waals surface area contributed by atoms with E-state index in [4.69, 9.17) is 0 Å². The summed E-state index contributed by atoms with van der Waals surface area (Å²) < 4.78 is 0. The standard InChI is InChI=1S/C15H16N4O3S/c20-13(19-12-3-1-2-6-16-12)4-7-17-14(21)9-18-15(22)11-5-8-23-10-11/h1-3,5-6,8,10H,4,7,9H2,(H,17,21)(H,18,22)(H,16,19,20). The van der Waals surface area contributed by atoms with Gasteiger partial charge in [0, 0.05) is 30.1 Å². The van der Waals surface area contributed by atoms with E-state index in [1.807, 2.05) is 0 Å². The Balaban J connectivity index is 1.61. The topological polar surface area (TPSA) is 100 Å². The molecule has 2 heterocycles. The minimum atomic E-state index is -0.348. The summed E-state index contributed by atoms with van der Waals surface area (Å²) in [4.78, 5) is 38.8. The molecule has 0 spiro atoms. The molecule has 0 unspecified atom stereocenters. The van der Waals surface area contributed by atoms with Gasteiger partial charge < -0.3 is 16.0 Å². The zero-order chi connectivity index (χ0) is 16.5. The van der Waals surface area contributed by atoms with Gasteiger partial charge in [-0.25, -0.2) is 4.98 Å². The summed E-state index contributed by atoms with van der Waals surface area (Å²) in [6, 6.07) is 6.87. The van der Waals surface area contributed by atoms with Crippen LogP contribution in [-0.4, -0.2) is 35.8 Å². The third-order valence-electron chi connectivity index (χ3n) is 2.80. The second kappa shape index (κ2) is 8.64. The third kappa shape index (κ3) is 5.87. The summed E-state index contributed by atoms with van der Waals surface area (Å²) in [5.74, 6) is -0.424. The van der Waals surface area contributed by atoms with Gasteiger partial charge in [0.2, 0.25) is 11.8 Å². The number of hydrogen-bond donors (Lipinski definition) is 3. The predicted octanol–water partition coefficient (Wildman–Crippen LogP) is 1.02. The molecule has 23 heavy (non-hydrogen) atoms. The summed E-state index contributed by atoms with van der Waals surface area (Å²) in [5.41, 5.74) is 0.525. The number of hydrogen-bond acceptors (Lipinski definition) is 5. The first-order valence-electron chi connectivity index (χ1n) is 6.93. The SMILES string of the molecule is O=C(CNC(=O)c1ccsc1)NCCC(=O)Nc1ccccn1. The molecule has 0 aromatic carbocycles. The molecule has 0 bridgehead atoms. The third-order valence-corrected chi connectivity index (χ3v) is 3.48.